The van der Waals surface area contributed by atoms with Gasteiger partial charge in [0.1, 0.15) is 70.0 Å². The first-order valence-electron chi connectivity index (χ1n) is 19.6. The quantitative estimate of drug-likeness (QED) is 0.106. The lowest BCUT2D eigenvalue weighted by Crippen LogP contribution is -2.39. The second kappa shape index (κ2) is 14.7. The minimum atomic E-state index is -3.07. The lowest BCUT2D eigenvalue weighted by molar-refractivity contribution is -0.00562. The number of fused-ring (bicyclic) bond motifs is 3. The average molecular weight is 868 g/mol. The van der Waals surface area contributed by atoms with Gasteiger partial charge in [0.05, 0.1) is 19.3 Å². The molecule has 3 heterocycles. The molecule has 8 atom stereocenters. The third-order valence-electron chi connectivity index (χ3n) is 11.7. The molecule has 0 spiro atoms. The number of phenols is 12. The molecule has 0 amide bonds. The largest absolute Gasteiger partial charge is 0.508 e. The number of benzene rings is 6. The summed E-state index contributed by atoms with van der Waals surface area (Å²) in [6.45, 7) is 0. The van der Waals surface area contributed by atoms with Gasteiger partial charge in [-0.05, 0) is 53.1 Å². The fraction of sp³-hybridized carbons (Fsp3) is 0.200. The number of aromatic hydroxyl groups is 12. The van der Waals surface area contributed by atoms with E-state index in [0.717, 1.165) is 60.7 Å². The van der Waals surface area contributed by atoms with Gasteiger partial charge in [0.25, 0.3) is 0 Å². The monoisotopic (exact) mass is 867 g/mol. The fourth-order valence-corrected chi connectivity index (χ4v) is 8.77. The number of hydrogen-bond donors (Lipinski definition) is 15. The average Bonchev–Trinajstić information content (AvgIpc) is 3.22. The van der Waals surface area contributed by atoms with E-state index in [1.54, 1.807) is 0 Å². The van der Waals surface area contributed by atoms with Gasteiger partial charge < -0.3 is 90.8 Å². The molecule has 0 saturated heterocycles. The van der Waals surface area contributed by atoms with E-state index >= 15 is 0 Å². The van der Waals surface area contributed by atoms with E-state index in [9.17, 15) is 78.0 Å². The van der Waals surface area contributed by atoms with E-state index < -0.39 is 140 Å². The number of phenolic OH excluding ortho intramolecular Hbond substituents is 12. The molecule has 18 heteroatoms. The van der Waals surface area contributed by atoms with E-state index in [4.69, 9.17) is 14.2 Å². The second-order valence-electron chi connectivity index (χ2n) is 15.5. The zero-order chi connectivity index (χ0) is 45.8. The Kier molecular flexibility index (Phi) is 9.17. The normalized spacial score (nSPS) is 25.0. The highest BCUT2D eigenvalue weighted by Gasteiger charge is 2.51. The van der Waals surface area contributed by atoms with Crippen molar-refractivity contribution in [3.8, 4) is 86.2 Å². The maximum Gasteiger partial charge on any atom is 0.157 e. The smallest absolute Gasteiger partial charge is 0.157 e. The Morgan fingerprint density at radius 2 is 0.873 bits per heavy atom. The van der Waals surface area contributed by atoms with Crippen molar-refractivity contribution < 1.29 is 92.2 Å². The molecule has 3 aliphatic heterocycles. The first-order valence-corrected chi connectivity index (χ1v) is 19.1. The molecule has 18 nitrogen and oxygen atoms in total. The van der Waals surface area contributed by atoms with Gasteiger partial charge >= 0.3 is 0 Å². The van der Waals surface area contributed by atoms with E-state index in [1.165, 1.54) is 18.2 Å². The summed E-state index contributed by atoms with van der Waals surface area (Å²) in [5.74, 6) is -13.0. The molecule has 63 heavy (non-hydrogen) atoms. The molecule has 0 aliphatic carbocycles. The van der Waals surface area contributed by atoms with E-state index in [2.05, 4.69) is 0 Å². The molecule has 9 rings (SSSR count). The molecule has 15 N–H and O–H groups in total. The summed E-state index contributed by atoms with van der Waals surface area (Å²) < 4.78 is 28.3. The van der Waals surface area contributed by atoms with Gasteiger partial charge in [-0.25, -0.2) is 0 Å². The lowest BCUT2D eigenvalue weighted by atomic mass is 9.73. The van der Waals surface area contributed by atoms with Crippen LogP contribution in [0.4, 0.5) is 0 Å². The molecular formula is C45H38O18. The molecule has 0 aromatic heterocycles. The Labute approximate surface area is 356 Å². The zero-order valence-electron chi connectivity index (χ0n) is 33.2. The van der Waals surface area contributed by atoms with Gasteiger partial charge in [-0.15, -0.1) is 0 Å². The van der Waals surface area contributed by atoms with Crippen molar-refractivity contribution >= 4 is 0 Å². The van der Waals surface area contributed by atoms with Gasteiger partial charge in [-0.1, -0.05) is 18.2 Å². The van der Waals surface area contributed by atoms with E-state index in [-0.39, 0.29) is 45.7 Å². The third kappa shape index (κ3) is 6.46. The predicted molar refractivity (Wildman–Crippen MR) is 214 cm³/mol. The Balaban J connectivity index is 1.33. The van der Waals surface area contributed by atoms with E-state index in [1.807, 2.05) is 0 Å². The molecule has 3 aliphatic rings. The molecule has 0 fully saturated rings. The topological polar surface area (TPSA) is 331 Å². The number of rotatable bonds is 5. The predicted octanol–water partition coefficient (Wildman–Crippen LogP) is 4.44. The van der Waals surface area contributed by atoms with Crippen molar-refractivity contribution in [3.63, 3.8) is 0 Å². The van der Waals surface area contributed by atoms with E-state index in [0.29, 0.717) is 0 Å². The van der Waals surface area contributed by atoms with Gasteiger partial charge in [0, 0.05) is 58.5 Å². The van der Waals surface area contributed by atoms with Crippen LogP contribution >= 0.6 is 0 Å². The van der Waals surface area contributed by atoms with Crippen molar-refractivity contribution in [2.75, 3.05) is 0 Å². The molecule has 0 unspecified atom stereocenters. The van der Waals surface area contributed by atoms with Gasteiger partial charge in [0.15, 0.2) is 46.7 Å². The van der Waals surface area contributed by atoms with Crippen molar-refractivity contribution in [1.82, 2.24) is 0 Å². The maximum atomic E-state index is 12.5. The Morgan fingerprint density at radius 3 is 1.43 bits per heavy atom. The highest BCUT2D eigenvalue weighted by Crippen LogP contribution is 2.62. The zero-order valence-corrected chi connectivity index (χ0v) is 32.2. The van der Waals surface area contributed by atoms with Crippen LogP contribution in [-0.2, 0) is 6.42 Å². The molecule has 0 bridgehead atoms. The Hall–Kier alpha value is -7.80. The number of hydrogen-bond acceptors (Lipinski definition) is 18. The molecule has 0 radical (unpaired) electrons. The standard InChI is InChI=1S/C45H38O18/c46-18-10-27(54)33-32(11-18)61-42(16-2-5-21(48)25(52)8-16)39(59)37(33)35-29(56)14-30(57)36-38(40(60)43(63-45(35)36)17-3-6-22(49)26(53)9-17)34-28(55)13-23(50)19-12-31(58)41(62-44(19)34)15-1-4-20(47)24(51)7-15/h1-11,13-14,31,37-43,46-60H,12H2/t31-,37-,38+,39-,40-,41+,42+,43+/m0/s1/i39D. The van der Waals surface area contributed by atoms with Crippen LogP contribution in [0.3, 0.4) is 0 Å². The summed E-state index contributed by atoms with van der Waals surface area (Å²) in [6, 6.07) is 13.7. The maximum absolute atomic E-state index is 12.5. The Morgan fingerprint density at radius 1 is 0.413 bits per heavy atom. The van der Waals surface area contributed by atoms with Crippen LogP contribution in [0.2, 0.25) is 0 Å². The number of ether oxygens (including phenoxy) is 3. The Bertz CT molecular complexity index is 2900. The SMILES string of the molecule is [2H][C@]1(O)[C@H](c2c(O)cc(O)c3c2O[C@H](c2ccc(O)c(O)c2)[C@@H](O)[C@@H]3c2c(O)cc(O)c3c2O[C@H](c2ccc(O)c(O)c2)[C@@H](O)C3)c2c(O)cc(O)cc2O[C@@H]1c1ccc(O)c(O)c1. The van der Waals surface area contributed by atoms with Crippen molar-refractivity contribution in [2.45, 2.75) is 54.9 Å². The minimum absolute atomic E-state index is 0.0631. The molecule has 6 aromatic rings. The molecule has 6 aromatic carbocycles. The van der Waals surface area contributed by atoms with Crippen LogP contribution in [-0.4, -0.2) is 94.9 Å². The lowest BCUT2D eigenvalue weighted by Gasteiger charge is -2.43. The van der Waals surface area contributed by atoms with Crippen LogP contribution < -0.4 is 14.2 Å². The first-order chi connectivity index (χ1) is 30.3. The summed E-state index contributed by atoms with van der Waals surface area (Å²) in [5.41, 5.74) is -1.94. The third-order valence-corrected chi connectivity index (χ3v) is 11.7. The van der Waals surface area contributed by atoms with Gasteiger partial charge in [0.2, 0.25) is 0 Å². The molecule has 0 saturated carbocycles. The molecular weight excluding hydrogens is 828 g/mol. The summed E-state index contributed by atoms with van der Waals surface area (Å²) in [7, 11) is 0. The summed E-state index contributed by atoms with van der Waals surface area (Å²) in [6.07, 6.45) is -11.8. The van der Waals surface area contributed by atoms with Crippen LogP contribution in [0.25, 0.3) is 0 Å². The van der Waals surface area contributed by atoms with Crippen LogP contribution in [0.1, 0.15) is 76.0 Å². The summed E-state index contributed by atoms with van der Waals surface area (Å²) in [5, 5.41) is 167. The highest BCUT2D eigenvalue weighted by atomic mass is 16.5. The van der Waals surface area contributed by atoms with Crippen LogP contribution in [0, 0.1) is 0 Å². The van der Waals surface area contributed by atoms with Gasteiger partial charge in [-0.3, -0.25) is 0 Å². The van der Waals surface area contributed by atoms with Crippen LogP contribution in [0.5, 0.6) is 86.2 Å². The molecule has 326 valence electrons. The van der Waals surface area contributed by atoms with Crippen molar-refractivity contribution in [3.05, 3.63) is 123 Å². The van der Waals surface area contributed by atoms with Crippen molar-refractivity contribution in [2.24, 2.45) is 0 Å². The number of aliphatic hydroxyl groups is 3. The highest BCUT2D eigenvalue weighted by molar-refractivity contribution is 5.70. The first kappa shape index (κ1) is 39.3. The van der Waals surface area contributed by atoms with Crippen LogP contribution in [0.15, 0.2) is 78.9 Å². The summed E-state index contributed by atoms with van der Waals surface area (Å²) in [4.78, 5) is 0. The van der Waals surface area contributed by atoms with Gasteiger partial charge in [-0.2, -0.15) is 0 Å². The number of aliphatic hydroxyl groups excluding tert-OH is 2. The second-order valence-corrected chi connectivity index (χ2v) is 15.5. The summed E-state index contributed by atoms with van der Waals surface area (Å²) >= 11 is 0. The fourth-order valence-electron chi connectivity index (χ4n) is 8.77. The van der Waals surface area contributed by atoms with Crippen molar-refractivity contribution in [1.29, 1.82) is 0 Å². The minimum Gasteiger partial charge on any atom is -0.508 e.